The first-order chi connectivity index (χ1) is 15.8. The van der Waals surface area contributed by atoms with Crippen LogP contribution in [-0.2, 0) is 16.1 Å². The highest BCUT2D eigenvalue weighted by molar-refractivity contribution is 5.91. The van der Waals surface area contributed by atoms with Gasteiger partial charge >= 0.3 is 0 Å². The van der Waals surface area contributed by atoms with E-state index in [1.54, 1.807) is 6.07 Å². The molecule has 3 fully saturated rings. The van der Waals surface area contributed by atoms with E-state index in [4.69, 9.17) is 0 Å². The third-order valence-corrected chi connectivity index (χ3v) is 7.91. The van der Waals surface area contributed by atoms with Crippen LogP contribution in [-0.4, -0.2) is 58.5 Å². The molecule has 0 bridgehead atoms. The first-order valence-electron chi connectivity index (χ1n) is 12.6. The molecule has 3 atom stereocenters. The van der Waals surface area contributed by atoms with E-state index in [1.165, 1.54) is 6.07 Å². The molecule has 4 rings (SSSR count). The van der Waals surface area contributed by atoms with Gasteiger partial charge in [-0.2, -0.15) is 0 Å². The summed E-state index contributed by atoms with van der Waals surface area (Å²) in [6.45, 7) is 6.83. The van der Waals surface area contributed by atoms with Crippen molar-refractivity contribution < 1.29 is 19.1 Å². The maximum absolute atomic E-state index is 14.4. The molecule has 0 unspecified atom stereocenters. The maximum Gasteiger partial charge on any atom is 0.226 e. The Labute approximate surface area is 196 Å². The van der Waals surface area contributed by atoms with E-state index in [1.807, 2.05) is 11.8 Å². The number of piperazine rings is 1. The molecule has 3 aliphatic rings. The number of aliphatic hydroxyl groups excluding tert-OH is 1. The molecule has 2 amide bonds. The number of aliphatic hydroxyl groups is 1. The number of nitrogens with one attached hydrogen (secondary N) is 1. The summed E-state index contributed by atoms with van der Waals surface area (Å²) in [7, 11) is 0. The molecule has 1 saturated heterocycles. The quantitative estimate of drug-likeness (QED) is 0.678. The van der Waals surface area contributed by atoms with Gasteiger partial charge in [-0.25, -0.2) is 4.39 Å². The van der Waals surface area contributed by atoms with Crippen molar-refractivity contribution in [3.63, 3.8) is 0 Å². The van der Waals surface area contributed by atoms with E-state index in [9.17, 15) is 19.1 Å². The Hall–Kier alpha value is -1.99. The predicted octanol–water partition coefficient (Wildman–Crippen LogP) is 3.85. The van der Waals surface area contributed by atoms with E-state index in [0.717, 1.165) is 69.2 Å². The van der Waals surface area contributed by atoms with Gasteiger partial charge < -0.3 is 15.3 Å². The third kappa shape index (κ3) is 5.75. The summed E-state index contributed by atoms with van der Waals surface area (Å²) in [4.78, 5) is 29.7. The zero-order valence-electron chi connectivity index (χ0n) is 20.0. The van der Waals surface area contributed by atoms with Crippen molar-refractivity contribution in [3.8, 4) is 0 Å². The molecule has 7 heteroatoms. The van der Waals surface area contributed by atoms with Crippen LogP contribution in [0.15, 0.2) is 12.1 Å². The first-order valence-corrected chi connectivity index (χ1v) is 12.6. The number of hydrogen-bond donors (Lipinski definition) is 2. The van der Waals surface area contributed by atoms with Crippen molar-refractivity contribution in [2.24, 2.45) is 11.8 Å². The van der Waals surface area contributed by atoms with Gasteiger partial charge in [-0.15, -0.1) is 0 Å². The highest BCUT2D eigenvalue weighted by Crippen LogP contribution is 2.30. The van der Waals surface area contributed by atoms with E-state index in [-0.39, 0.29) is 36.0 Å². The fraction of sp³-hybridized carbons (Fsp3) is 0.692. The minimum Gasteiger partial charge on any atom is -0.393 e. The third-order valence-electron chi connectivity index (χ3n) is 7.91. The topological polar surface area (TPSA) is 72.9 Å². The molecule has 1 aliphatic heterocycles. The Balaban J connectivity index is 1.36. The molecular weight excluding hydrogens is 421 g/mol. The number of anilines is 1. The van der Waals surface area contributed by atoms with Gasteiger partial charge in [0.2, 0.25) is 11.8 Å². The fourth-order valence-electron chi connectivity index (χ4n) is 5.88. The summed E-state index contributed by atoms with van der Waals surface area (Å²) in [5.41, 5.74) is 2.23. The van der Waals surface area contributed by atoms with Crippen LogP contribution < -0.4 is 5.32 Å². The van der Waals surface area contributed by atoms with Crippen LogP contribution >= 0.6 is 0 Å². The Morgan fingerprint density at radius 2 is 1.88 bits per heavy atom. The fourth-order valence-corrected chi connectivity index (χ4v) is 5.88. The van der Waals surface area contributed by atoms with Crippen LogP contribution in [0, 0.1) is 24.6 Å². The lowest BCUT2D eigenvalue weighted by Gasteiger charge is -2.41. The van der Waals surface area contributed by atoms with Gasteiger partial charge in [0.1, 0.15) is 5.82 Å². The molecule has 0 radical (unpaired) electrons. The van der Waals surface area contributed by atoms with E-state index < -0.39 is 6.10 Å². The van der Waals surface area contributed by atoms with Gasteiger partial charge in [0.05, 0.1) is 6.10 Å². The highest BCUT2D eigenvalue weighted by atomic mass is 19.1. The predicted molar refractivity (Wildman–Crippen MR) is 126 cm³/mol. The van der Waals surface area contributed by atoms with Gasteiger partial charge in [0.15, 0.2) is 0 Å². The lowest BCUT2D eigenvalue weighted by Crippen LogP contribution is -2.54. The molecule has 2 N–H and O–H groups in total. The molecule has 0 aromatic heterocycles. The Morgan fingerprint density at radius 3 is 2.55 bits per heavy atom. The summed E-state index contributed by atoms with van der Waals surface area (Å²) in [6, 6.07) is 3.06. The average molecular weight is 460 g/mol. The van der Waals surface area contributed by atoms with Crippen molar-refractivity contribution in [3.05, 3.63) is 29.1 Å². The highest BCUT2D eigenvalue weighted by Gasteiger charge is 2.33. The van der Waals surface area contributed by atoms with Crippen LogP contribution in [0.2, 0.25) is 0 Å². The lowest BCUT2D eigenvalue weighted by atomic mass is 10.0. The van der Waals surface area contributed by atoms with Crippen LogP contribution in [0.5, 0.6) is 0 Å². The summed E-state index contributed by atoms with van der Waals surface area (Å²) in [5, 5.41) is 12.9. The minimum absolute atomic E-state index is 0.0111. The van der Waals surface area contributed by atoms with Gasteiger partial charge in [-0.05, 0) is 68.7 Å². The number of amides is 2. The maximum atomic E-state index is 14.4. The number of carbonyl (C=O) groups is 2. The number of carbonyl (C=O) groups excluding carboxylic acids is 2. The second-order valence-corrected chi connectivity index (χ2v) is 10.3. The van der Waals surface area contributed by atoms with Gasteiger partial charge in [-0.3, -0.25) is 14.5 Å². The molecule has 1 heterocycles. The van der Waals surface area contributed by atoms with E-state index in [0.29, 0.717) is 24.7 Å². The SMILES string of the molecule is Cc1c(CN2CCN(C(=O)C3CCCC3)[C@@H](C)C2)cc(F)cc1NC(=O)C[C@@H]1CCC[C@@H]1O. The second kappa shape index (κ2) is 10.5. The molecule has 1 aromatic carbocycles. The number of rotatable bonds is 6. The number of benzene rings is 1. The number of halogens is 1. The monoisotopic (exact) mass is 459 g/mol. The zero-order valence-corrected chi connectivity index (χ0v) is 20.0. The van der Waals surface area contributed by atoms with Crippen molar-refractivity contribution >= 4 is 17.5 Å². The smallest absolute Gasteiger partial charge is 0.226 e. The lowest BCUT2D eigenvalue weighted by molar-refractivity contribution is -0.140. The molecule has 2 aliphatic carbocycles. The molecule has 33 heavy (non-hydrogen) atoms. The molecule has 6 nitrogen and oxygen atoms in total. The Morgan fingerprint density at radius 1 is 1.12 bits per heavy atom. The summed E-state index contributed by atoms with van der Waals surface area (Å²) in [5.74, 6) is -0.0498. The van der Waals surface area contributed by atoms with E-state index >= 15 is 0 Å². The molecular formula is C26H38FN3O3. The number of nitrogens with zero attached hydrogens (tertiary/aromatic N) is 2. The Kier molecular flexibility index (Phi) is 7.69. The molecule has 182 valence electrons. The average Bonchev–Trinajstić information content (AvgIpc) is 3.43. The normalized spacial score (nSPS) is 26.7. The standard InChI is InChI=1S/C26H38FN3O3/c1-17-15-29(10-11-30(17)26(33)19-6-3-4-7-19)16-21-12-22(27)14-23(18(21)2)28-25(32)13-20-8-5-9-24(20)31/h12,14,17,19-20,24,31H,3-11,13,15-16H2,1-2H3,(H,28,32)/t17-,20-,24-/m0/s1. The van der Waals surface area contributed by atoms with Crippen molar-refractivity contribution in [2.75, 3.05) is 25.0 Å². The minimum atomic E-state index is -0.416. The molecule has 1 aromatic rings. The Bertz CT molecular complexity index is 871. The van der Waals surface area contributed by atoms with Crippen molar-refractivity contribution in [2.45, 2.75) is 83.9 Å². The summed E-state index contributed by atoms with van der Waals surface area (Å²) < 4.78 is 14.4. The molecule has 2 saturated carbocycles. The molecule has 0 spiro atoms. The van der Waals surface area contributed by atoms with Crippen LogP contribution in [0.3, 0.4) is 0 Å². The zero-order chi connectivity index (χ0) is 23.5. The van der Waals surface area contributed by atoms with Crippen LogP contribution in [0.4, 0.5) is 10.1 Å². The van der Waals surface area contributed by atoms with Gasteiger partial charge in [0.25, 0.3) is 0 Å². The summed E-state index contributed by atoms with van der Waals surface area (Å²) >= 11 is 0. The largest absolute Gasteiger partial charge is 0.393 e. The van der Waals surface area contributed by atoms with Crippen molar-refractivity contribution in [1.82, 2.24) is 9.80 Å². The first kappa shape index (κ1) is 24.1. The van der Waals surface area contributed by atoms with Crippen LogP contribution in [0.1, 0.15) is 69.4 Å². The van der Waals surface area contributed by atoms with E-state index in [2.05, 4.69) is 17.1 Å². The number of hydrogen-bond acceptors (Lipinski definition) is 4. The van der Waals surface area contributed by atoms with Gasteiger partial charge in [0, 0.05) is 50.2 Å². The van der Waals surface area contributed by atoms with Crippen molar-refractivity contribution in [1.29, 1.82) is 0 Å². The second-order valence-electron chi connectivity index (χ2n) is 10.3. The van der Waals surface area contributed by atoms with Crippen LogP contribution in [0.25, 0.3) is 0 Å². The van der Waals surface area contributed by atoms with Gasteiger partial charge in [-0.1, -0.05) is 19.3 Å². The summed E-state index contributed by atoms with van der Waals surface area (Å²) in [6.07, 6.45) is 6.74.